The minimum Gasteiger partial charge on any atom is -0.394 e. The molecule has 0 radical (unpaired) electrons. The van der Waals surface area contributed by atoms with Crippen LogP contribution in [0.2, 0.25) is 0 Å². The lowest BCUT2D eigenvalue weighted by atomic mass is 9.97. The number of ether oxygens (including phenoxy) is 1. The molecule has 2 aliphatic rings. The van der Waals surface area contributed by atoms with Crippen LogP contribution >= 0.6 is 0 Å². The van der Waals surface area contributed by atoms with Crippen molar-refractivity contribution in [2.24, 2.45) is 0 Å². The van der Waals surface area contributed by atoms with Crippen molar-refractivity contribution >= 4 is 5.91 Å². The van der Waals surface area contributed by atoms with E-state index in [1.165, 1.54) is 19.3 Å². The van der Waals surface area contributed by atoms with Gasteiger partial charge in [-0.1, -0.05) is 42.0 Å². The Balaban J connectivity index is 1.20. The molecule has 0 saturated carbocycles. The van der Waals surface area contributed by atoms with Crippen LogP contribution in [0.1, 0.15) is 44.9 Å². The second-order valence-corrected chi connectivity index (χ2v) is 8.90. The fraction of sp³-hybridized carbons (Fsp3) is 0.625. The maximum Gasteiger partial charge on any atom is 0.221 e. The van der Waals surface area contributed by atoms with Crippen molar-refractivity contribution in [2.75, 3.05) is 26.2 Å². The number of likely N-dealkylation sites (tertiary alicyclic amines) is 1. The lowest BCUT2D eigenvalue weighted by molar-refractivity contribution is -0.129. The van der Waals surface area contributed by atoms with Crippen LogP contribution in [0.15, 0.2) is 36.5 Å². The second-order valence-electron chi connectivity index (χ2n) is 8.90. The smallest absolute Gasteiger partial charge is 0.221 e. The van der Waals surface area contributed by atoms with Crippen molar-refractivity contribution in [3.63, 3.8) is 0 Å². The lowest BCUT2D eigenvalue weighted by Gasteiger charge is -2.36. The average molecular weight is 442 g/mol. The summed E-state index contributed by atoms with van der Waals surface area (Å²) in [6, 6.07) is 9.87. The van der Waals surface area contributed by atoms with Gasteiger partial charge < -0.3 is 20.1 Å². The van der Waals surface area contributed by atoms with Gasteiger partial charge in [0, 0.05) is 25.1 Å². The number of carbonyl (C=O) groups excluding carboxylic acids is 1. The third kappa shape index (κ3) is 6.37. The molecule has 8 nitrogen and oxygen atoms in total. The number of aryl methyl sites for hydroxylation is 1. The van der Waals surface area contributed by atoms with Crippen LogP contribution in [-0.2, 0) is 16.1 Å². The Morgan fingerprint density at radius 2 is 1.94 bits per heavy atom. The number of aliphatic hydroxyl groups excluding tert-OH is 1. The highest BCUT2D eigenvalue weighted by Gasteiger charge is 2.31. The number of carbonyl (C=O) groups is 1. The van der Waals surface area contributed by atoms with Crippen LogP contribution in [0.4, 0.5) is 0 Å². The zero-order valence-electron chi connectivity index (χ0n) is 18.7. The fourth-order valence-corrected chi connectivity index (χ4v) is 4.66. The van der Waals surface area contributed by atoms with Crippen LogP contribution in [0.3, 0.4) is 0 Å². The van der Waals surface area contributed by atoms with E-state index < -0.39 is 0 Å². The van der Waals surface area contributed by atoms with E-state index in [4.69, 9.17) is 4.74 Å². The quantitative estimate of drug-likeness (QED) is 0.620. The number of hydrogen-bond acceptors (Lipinski definition) is 6. The number of nitrogens with one attached hydrogen (secondary N) is 1. The zero-order valence-corrected chi connectivity index (χ0v) is 18.7. The van der Waals surface area contributed by atoms with Gasteiger partial charge in [0.15, 0.2) is 0 Å². The molecule has 32 heavy (non-hydrogen) atoms. The van der Waals surface area contributed by atoms with Gasteiger partial charge in [0.25, 0.3) is 0 Å². The molecule has 3 heterocycles. The molecule has 0 aliphatic carbocycles. The van der Waals surface area contributed by atoms with Crippen LogP contribution in [0.5, 0.6) is 0 Å². The molecule has 2 N–H and O–H groups in total. The number of rotatable bonds is 9. The lowest BCUT2D eigenvalue weighted by Crippen LogP contribution is -2.51. The van der Waals surface area contributed by atoms with E-state index in [1.54, 1.807) is 0 Å². The fourth-order valence-electron chi connectivity index (χ4n) is 4.66. The van der Waals surface area contributed by atoms with Gasteiger partial charge in [0.2, 0.25) is 5.91 Å². The van der Waals surface area contributed by atoms with Crippen molar-refractivity contribution in [2.45, 2.75) is 69.7 Å². The van der Waals surface area contributed by atoms with Crippen molar-refractivity contribution in [1.82, 2.24) is 25.2 Å². The first-order valence-corrected chi connectivity index (χ1v) is 11.9. The highest BCUT2D eigenvalue weighted by atomic mass is 16.5. The first-order valence-electron chi connectivity index (χ1n) is 11.9. The summed E-state index contributed by atoms with van der Waals surface area (Å²) in [5.41, 5.74) is 1.91. The van der Waals surface area contributed by atoms with Gasteiger partial charge in [0.05, 0.1) is 24.9 Å². The van der Waals surface area contributed by atoms with E-state index in [0.717, 1.165) is 50.2 Å². The standard InChI is InChI=1S/C24H35N5O3/c30-18-23-21(25-24(31)12-15-28-13-5-2-6-14-28)10-9-20(32-23)11-16-29-17-22(26-27-29)19-7-3-1-4-8-19/h1,3-4,7-8,17,20-21,23,30H,2,5-6,9-16,18H2,(H,25,31)/t20-,21+,23+/m1/s1. The van der Waals surface area contributed by atoms with E-state index >= 15 is 0 Å². The number of aliphatic hydroxyl groups is 1. The molecule has 174 valence electrons. The van der Waals surface area contributed by atoms with Crippen LogP contribution in [-0.4, -0.2) is 75.4 Å². The van der Waals surface area contributed by atoms with Gasteiger partial charge in [-0.3, -0.25) is 9.48 Å². The molecule has 8 heteroatoms. The van der Waals surface area contributed by atoms with Crippen molar-refractivity contribution in [3.8, 4) is 11.3 Å². The van der Waals surface area contributed by atoms with Gasteiger partial charge >= 0.3 is 0 Å². The Labute approximate surface area is 189 Å². The summed E-state index contributed by atoms with van der Waals surface area (Å²) in [7, 11) is 0. The van der Waals surface area contributed by atoms with Gasteiger partial charge in [-0.25, -0.2) is 0 Å². The molecule has 0 bridgehead atoms. The molecule has 0 unspecified atom stereocenters. The Hall–Kier alpha value is -2.29. The topological polar surface area (TPSA) is 92.5 Å². The molecule has 1 aromatic carbocycles. The molecular formula is C24H35N5O3. The first kappa shape index (κ1) is 22.9. The largest absolute Gasteiger partial charge is 0.394 e. The Morgan fingerprint density at radius 1 is 1.12 bits per heavy atom. The molecule has 2 aromatic rings. The molecule has 4 rings (SSSR count). The third-order valence-corrected chi connectivity index (χ3v) is 6.53. The highest BCUT2D eigenvalue weighted by Crippen LogP contribution is 2.23. The number of hydrogen-bond donors (Lipinski definition) is 2. The second kappa shape index (κ2) is 11.5. The summed E-state index contributed by atoms with van der Waals surface area (Å²) in [5.74, 6) is 0.0529. The van der Waals surface area contributed by atoms with Crippen molar-refractivity contribution in [1.29, 1.82) is 0 Å². The van der Waals surface area contributed by atoms with Crippen molar-refractivity contribution < 1.29 is 14.6 Å². The summed E-state index contributed by atoms with van der Waals surface area (Å²) >= 11 is 0. The van der Waals surface area contributed by atoms with Crippen LogP contribution in [0.25, 0.3) is 11.3 Å². The SMILES string of the molecule is O=C(CCN1CCCCC1)N[C@H]1CC[C@H](CCn2cc(-c3ccccc3)nn2)O[C@H]1CO. The molecule has 3 atom stereocenters. The molecule has 2 aliphatic heterocycles. The van der Waals surface area contributed by atoms with Gasteiger partial charge in [-0.05, 0) is 45.2 Å². The molecule has 0 spiro atoms. The summed E-state index contributed by atoms with van der Waals surface area (Å²) in [6.07, 6.45) is 8.37. The first-order chi connectivity index (χ1) is 15.7. The predicted octanol–water partition coefficient (Wildman–Crippen LogP) is 2.24. The highest BCUT2D eigenvalue weighted by molar-refractivity contribution is 5.76. The van der Waals surface area contributed by atoms with E-state index in [2.05, 4.69) is 20.5 Å². The van der Waals surface area contributed by atoms with Gasteiger partial charge in [-0.15, -0.1) is 5.10 Å². The number of amides is 1. The normalized spacial score (nSPS) is 24.3. The summed E-state index contributed by atoms with van der Waals surface area (Å²) < 4.78 is 7.96. The third-order valence-electron chi connectivity index (χ3n) is 6.53. The van der Waals surface area contributed by atoms with Gasteiger partial charge in [-0.2, -0.15) is 0 Å². The van der Waals surface area contributed by atoms with E-state index in [0.29, 0.717) is 13.0 Å². The van der Waals surface area contributed by atoms with E-state index in [1.807, 2.05) is 41.2 Å². The number of aromatic nitrogens is 3. The molecule has 1 aromatic heterocycles. The molecule has 2 saturated heterocycles. The summed E-state index contributed by atoms with van der Waals surface area (Å²) in [6.45, 7) is 3.62. The number of benzene rings is 1. The maximum atomic E-state index is 12.4. The predicted molar refractivity (Wildman–Crippen MR) is 122 cm³/mol. The van der Waals surface area contributed by atoms with E-state index in [9.17, 15) is 9.90 Å². The average Bonchev–Trinajstić information content (AvgIpc) is 3.32. The summed E-state index contributed by atoms with van der Waals surface area (Å²) in [4.78, 5) is 14.8. The molecule has 1 amide bonds. The van der Waals surface area contributed by atoms with E-state index in [-0.39, 0.29) is 30.8 Å². The van der Waals surface area contributed by atoms with Crippen molar-refractivity contribution in [3.05, 3.63) is 36.5 Å². The number of nitrogens with zero attached hydrogens (tertiary/aromatic N) is 4. The molecular weight excluding hydrogens is 406 g/mol. The van der Waals surface area contributed by atoms with Crippen LogP contribution in [0, 0.1) is 0 Å². The monoisotopic (exact) mass is 441 g/mol. The van der Waals surface area contributed by atoms with Gasteiger partial charge in [0.1, 0.15) is 11.8 Å². The van der Waals surface area contributed by atoms with Crippen LogP contribution < -0.4 is 5.32 Å². The maximum absolute atomic E-state index is 12.4. The molecule has 2 fully saturated rings. The Kier molecular flexibility index (Phi) is 8.25. The Morgan fingerprint density at radius 3 is 2.72 bits per heavy atom. The minimum atomic E-state index is -0.358. The Bertz CT molecular complexity index is 837. The minimum absolute atomic E-state index is 0.0398. The number of piperidine rings is 1. The summed E-state index contributed by atoms with van der Waals surface area (Å²) in [5, 5.41) is 21.4. The zero-order chi connectivity index (χ0) is 22.2.